The van der Waals surface area contributed by atoms with E-state index in [0.717, 1.165) is 13.1 Å². The lowest BCUT2D eigenvalue weighted by atomic mass is 10.1. The predicted octanol–water partition coefficient (Wildman–Crippen LogP) is 0.0452. The first-order chi connectivity index (χ1) is 11.0. The molecule has 1 aliphatic heterocycles. The van der Waals surface area contributed by atoms with E-state index in [1.54, 1.807) is 17.0 Å². The highest BCUT2D eigenvalue weighted by atomic mass is 32.2. The van der Waals surface area contributed by atoms with Crippen molar-refractivity contribution in [2.24, 2.45) is 0 Å². The van der Waals surface area contributed by atoms with Crippen molar-refractivity contribution in [1.29, 1.82) is 0 Å². The molecule has 1 amide bonds. The Balaban J connectivity index is 2.08. The van der Waals surface area contributed by atoms with E-state index in [0.29, 0.717) is 18.7 Å². The number of hydrogen-bond acceptors (Lipinski definition) is 5. The van der Waals surface area contributed by atoms with Crippen molar-refractivity contribution in [2.45, 2.75) is 17.9 Å². The van der Waals surface area contributed by atoms with Crippen LogP contribution in [0, 0.1) is 0 Å². The third-order valence-electron chi connectivity index (χ3n) is 3.77. The average Bonchev–Trinajstić information content (AvgIpc) is 2.55. The van der Waals surface area contributed by atoms with Gasteiger partial charge in [-0.2, -0.15) is 0 Å². The summed E-state index contributed by atoms with van der Waals surface area (Å²) in [6.07, 6.45) is 0. The summed E-state index contributed by atoms with van der Waals surface area (Å²) < 4.78 is 31.4. The number of amides is 1. The Hall–Kier alpha value is -1.48. The van der Waals surface area contributed by atoms with Gasteiger partial charge in [0, 0.05) is 44.9 Å². The van der Waals surface area contributed by atoms with Crippen LogP contribution in [-0.2, 0) is 14.8 Å². The number of rotatable bonds is 6. The number of piperazine rings is 1. The van der Waals surface area contributed by atoms with E-state index in [2.05, 4.69) is 10.0 Å². The minimum Gasteiger partial charge on any atom is -0.383 e. The fourth-order valence-electron chi connectivity index (χ4n) is 2.45. The van der Waals surface area contributed by atoms with Crippen molar-refractivity contribution in [1.82, 2.24) is 14.9 Å². The van der Waals surface area contributed by atoms with E-state index in [-0.39, 0.29) is 23.4 Å². The Kier molecular flexibility index (Phi) is 6.11. The highest BCUT2D eigenvalue weighted by Gasteiger charge is 2.24. The molecule has 7 nitrogen and oxygen atoms in total. The lowest BCUT2D eigenvalue weighted by molar-refractivity contribution is 0.0655. The molecular weight excluding hydrogens is 318 g/mol. The number of hydrogen-bond donors (Lipinski definition) is 2. The van der Waals surface area contributed by atoms with Crippen molar-refractivity contribution >= 4 is 15.9 Å². The average molecular weight is 341 g/mol. The van der Waals surface area contributed by atoms with E-state index in [9.17, 15) is 13.2 Å². The highest BCUT2D eigenvalue weighted by molar-refractivity contribution is 7.89. The Labute approximate surface area is 137 Å². The summed E-state index contributed by atoms with van der Waals surface area (Å²) in [5, 5.41) is 3.23. The smallest absolute Gasteiger partial charge is 0.254 e. The number of sulfonamides is 1. The Morgan fingerprint density at radius 1 is 1.39 bits per heavy atom. The van der Waals surface area contributed by atoms with Crippen LogP contribution in [0.1, 0.15) is 17.3 Å². The maximum atomic E-state index is 12.5. The Morgan fingerprint density at radius 3 is 2.70 bits per heavy atom. The highest BCUT2D eigenvalue weighted by Crippen LogP contribution is 2.14. The minimum atomic E-state index is -3.58. The van der Waals surface area contributed by atoms with E-state index in [1.807, 2.05) is 6.92 Å². The second kappa shape index (κ2) is 7.87. The lowest BCUT2D eigenvalue weighted by Gasteiger charge is -2.34. The SMILES string of the molecule is COCCNS(=O)(=O)c1ccc(C(=O)N2CCNC[C@@H]2C)cc1. The van der Waals surface area contributed by atoms with Crippen molar-refractivity contribution in [3.63, 3.8) is 0 Å². The van der Waals surface area contributed by atoms with Crippen LogP contribution < -0.4 is 10.0 Å². The van der Waals surface area contributed by atoms with Gasteiger partial charge in [-0.15, -0.1) is 0 Å². The van der Waals surface area contributed by atoms with E-state index >= 15 is 0 Å². The number of ether oxygens (including phenoxy) is 1. The normalized spacial score (nSPS) is 18.9. The number of carbonyl (C=O) groups is 1. The molecule has 0 aliphatic carbocycles. The van der Waals surface area contributed by atoms with Gasteiger partial charge in [0.05, 0.1) is 11.5 Å². The Bertz CT molecular complexity index is 631. The van der Waals surface area contributed by atoms with Crippen LogP contribution >= 0.6 is 0 Å². The quantitative estimate of drug-likeness (QED) is 0.714. The number of nitrogens with one attached hydrogen (secondary N) is 2. The van der Waals surface area contributed by atoms with Gasteiger partial charge in [-0.3, -0.25) is 4.79 Å². The first-order valence-electron chi connectivity index (χ1n) is 7.56. The molecule has 23 heavy (non-hydrogen) atoms. The zero-order valence-electron chi connectivity index (χ0n) is 13.4. The van der Waals surface area contributed by atoms with Gasteiger partial charge in [0.1, 0.15) is 0 Å². The van der Waals surface area contributed by atoms with Crippen molar-refractivity contribution < 1.29 is 17.9 Å². The maximum absolute atomic E-state index is 12.5. The molecule has 0 aromatic heterocycles. The molecule has 1 heterocycles. The number of methoxy groups -OCH3 is 1. The van der Waals surface area contributed by atoms with Gasteiger partial charge >= 0.3 is 0 Å². The molecule has 1 aromatic carbocycles. The van der Waals surface area contributed by atoms with E-state index < -0.39 is 10.0 Å². The second-order valence-corrected chi connectivity index (χ2v) is 7.23. The van der Waals surface area contributed by atoms with Gasteiger partial charge in [-0.05, 0) is 31.2 Å². The molecular formula is C15H23N3O4S. The zero-order chi connectivity index (χ0) is 16.9. The minimum absolute atomic E-state index is 0.0738. The zero-order valence-corrected chi connectivity index (χ0v) is 14.2. The van der Waals surface area contributed by atoms with Crippen LogP contribution in [0.3, 0.4) is 0 Å². The van der Waals surface area contributed by atoms with Crippen LogP contribution in [0.2, 0.25) is 0 Å². The van der Waals surface area contributed by atoms with E-state index in [1.165, 1.54) is 19.2 Å². The third-order valence-corrected chi connectivity index (χ3v) is 5.25. The number of benzene rings is 1. The fraction of sp³-hybridized carbons (Fsp3) is 0.533. The molecule has 2 rings (SSSR count). The molecule has 0 saturated carbocycles. The maximum Gasteiger partial charge on any atom is 0.254 e. The molecule has 1 aliphatic rings. The fourth-order valence-corrected chi connectivity index (χ4v) is 3.46. The van der Waals surface area contributed by atoms with Crippen molar-refractivity contribution in [3.05, 3.63) is 29.8 Å². The molecule has 1 aromatic rings. The van der Waals surface area contributed by atoms with Crippen molar-refractivity contribution in [2.75, 3.05) is 39.9 Å². The number of nitrogens with zero attached hydrogens (tertiary/aromatic N) is 1. The summed E-state index contributed by atoms with van der Waals surface area (Å²) >= 11 is 0. The summed E-state index contributed by atoms with van der Waals surface area (Å²) in [4.78, 5) is 14.4. The summed E-state index contributed by atoms with van der Waals surface area (Å²) in [7, 11) is -2.07. The first kappa shape index (κ1) is 17.9. The molecule has 0 bridgehead atoms. The summed E-state index contributed by atoms with van der Waals surface area (Å²) in [6, 6.07) is 6.14. The lowest BCUT2D eigenvalue weighted by Crippen LogP contribution is -2.52. The van der Waals surface area contributed by atoms with Gasteiger partial charge in [0.15, 0.2) is 0 Å². The monoisotopic (exact) mass is 341 g/mol. The molecule has 1 atom stereocenters. The van der Waals surface area contributed by atoms with Crippen LogP contribution in [0.25, 0.3) is 0 Å². The molecule has 0 unspecified atom stereocenters. The van der Waals surface area contributed by atoms with Crippen molar-refractivity contribution in [3.8, 4) is 0 Å². The van der Waals surface area contributed by atoms with Gasteiger partial charge < -0.3 is 15.0 Å². The van der Waals surface area contributed by atoms with Gasteiger partial charge in [0.2, 0.25) is 10.0 Å². The van der Waals surface area contributed by atoms with Gasteiger partial charge in [-0.1, -0.05) is 0 Å². The molecule has 2 N–H and O–H groups in total. The summed E-state index contributed by atoms with van der Waals surface area (Å²) in [5.74, 6) is -0.0738. The van der Waals surface area contributed by atoms with Crippen LogP contribution in [-0.4, -0.2) is 65.2 Å². The van der Waals surface area contributed by atoms with Gasteiger partial charge in [-0.25, -0.2) is 13.1 Å². The molecule has 8 heteroatoms. The first-order valence-corrected chi connectivity index (χ1v) is 9.04. The molecule has 128 valence electrons. The molecule has 1 saturated heterocycles. The Morgan fingerprint density at radius 2 is 2.09 bits per heavy atom. The van der Waals surface area contributed by atoms with E-state index in [4.69, 9.17) is 4.74 Å². The largest absolute Gasteiger partial charge is 0.383 e. The molecule has 0 radical (unpaired) electrons. The van der Waals surface area contributed by atoms with Gasteiger partial charge in [0.25, 0.3) is 5.91 Å². The predicted molar refractivity (Wildman–Crippen MR) is 86.9 cm³/mol. The number of carbonyl (C=O) groups excluding carboxylic acids is 1. The molecule has 1 fully saturated rings. The van der Waals surface area contributed by atoms with Crippen LogP contribution in [0.4, 0.5) is 0 Å². The summed E-state index contributed by atoms with van der Waals surface area (Å²) in [5.41, 5.74) is 0.495. The summed E-state index contributed by atoms with van der Waals surface area (Å²) in [6.45, 7) is 4.68. The van der Waals surface area contributed by atoms with Crippen LogP contribution in [0.5, 0.6) is 0 Å². The van der Waals surface area contributed by atoms with Crippen LogP contribution in [0.15, 0.2) is 29.2 Å². The second-order valence-electron chi connectivity index (χ2n) is 5.47. The standard InChI is InChI=1S/C15H23N3O4S/c1-12-11-16-7-9-18(12)15(19)13-3-5-14(6-4-13)23(20,21)17-8-10-22-2/h3-6,12,16-17H,7-11H2,1-2H3/t12-/m0/s1. The topological polar surface area (TPSA) is 87.7 Å². The molecule has 0 spiro atoms. The third kappa shape index (κ3) is 4.51.